The molecule has 1 fully saturated rings. The highest BCUT2D eigenvalue weighted by molar-refractivity contribution is 7.92. The number of amides is 1. The van der Waals surface area contributed by atoms with Crippen LogP contribution in [0, 0.1) is 6.92 Å². The number of hydrogen-bond donors (Lipinski definition) is 3. The number of ether oxygens (including phenoxy) is 1. The predicted octanol–water partition coefficient (Wildman–Crippen LogP) is 5.02. The van der Waals surface area contributed by atoms with Crippen LogP contribution in [-0.4, -0.2) is 49.4 Å². The summed E-state index contributed by atoms with van der Waals surface area (Å²) in [5.41, 5.74) is 1.42. The van der Waals surface area contributed by atoms with E-state index in [9.17, 15) is 27.1 Å². The van der Waals surface area contributed by atoms with Crippen LogP contribution >= 0.6 is 11.3 Å². The van der Waals surface area contributed by atoms with Gasteiger partial charge >= 0.3 is 6.61 Å². The smallest absolute Gasteiger partial charge is 0.387 e. The molecule has 0 atom stereocenters. The van der Waals surface area contributed by atoms with Crippen molar-refractivity contribution in [1.82, 2.24) is 10.3 Å². The highest BCUT2D eigenvalue weighted by Crippen LogP contribution is 2.43. The van der Waals surface area contributed by atoms with Crippen molar-refractivity contribution in [1.29, 1.82) is 0 Å². The van der Waals surface area contributed by atoms with Crippen LogP contribution in [-0.2, 0) is 10.0 Å². The summed E-state index contributed by atoms with van der Waals surface area (Å²) in [6, 6.07) is 7.45. The van der Waals surface area contributed by atoms with Crippen molar-refractivity contribution in [3.63, 3.8) is 0 Å². The van der Waals surface area contributed by atoms with Gasteiger partial charge in [-0.1, -0.05) is 0 Å². The maximum absolute atomic E-state index is 13.1. The lowest BCUT2D eigenvalue weighted by Gasteiger charge is -2.25. The lowest BCUT2D eigenvalue weighted by atomic mass is 9.93. The average molecular weight is 566 g/mol. The number of aliphatic hydroxyl groups is 1. The number of aryl methyl sites for hydroxylation is 1. The summed E-state index contributed by atoms with van der Waals surface area (Å²) in [4.78, 5) is 18.3. The van der Waals surface area contributed by atoms with Gasteiger partial charge in [-0.25, -0.2) is 13.4 Å². The third kappa shape index (κ3) is 5.45. The molecule has 2 heterocycles. The summed E-state index contributed by atoms with van der Waals surface area (Å²) in [6.07, 6.45) is 3.29. The summed E-state index contributed by atoms with van der Waals surface area (Å²) in [5, 5.41) is 14.0. The number of thiazole rings is 1. The minimum atomic E-state index is -3.57. The summed E-state index contributed by atoms with van der Waals surface area (Å²) in [5.74, 6) is -0.504. The number of nitrogens with zero attached hydrogens (tertiary/aromatic N) is 1. The number of aromatic nitrogens is 1. The van der Waals surface area contributed by atoms with Gasteiger partial charge in [-0.3, -0.25) is 9.52 Å². The zero-order chi connectivity index (χ0) is 27.2. The molecule has 2 aromatic carbocycles. The van der Waals surface area contributed by atoms with Crippen LogP contribution < -0.4 is 14.8 Å². The van der Waals surface area contributed by atoms with Gasteiger partial charge in [-0.05, 0) is 62.9 Å². The van der Waals surface area contributed by atoms with Gasteiger partial charge < -0.3 is 19.6 Å². The third-order valence-corrected chi connectivity index (χ3v) is 7.99. The van der Waals surface area contributed by atoms with Gasteiger partial charge in [0.2, 0.25) is 10.0 Å². The Labute approximate surface area is 220 Å². The van der Waals surface area contributed by atoms with Gasteiger partial charge in [-0.2, -0.15) is 8.78 Å². The van der Waals surface area contributed by atoms with Crippen molar-refractivity contribution < 1.29 is 36.3 Å². The number of benzene rings is 2. The van der Waals surface area contributed by atoms with Gasteiger partial charge in [0.15, 0.2) is 11.3 Å². The maximum Gasteiger partial charge on any atom is 0.387 e. The number of fused-ring (bicyclic) bond motifs is 3. The van der Waals surface area contributed by atoms with E-state index in [-0.39, 0.29) is 40.8 Å². The zero-order valence-electron chi connectivity index (χ0n) is 20.5. The maximum atomic E-state index is 13.1. The molecule has 1 aliphatic carbocycles. The van der Waals surface area contributed by atoms with Crippen molar-refractivity contribution >= 4 is 54.9 Å². The Kier molecular flexibility index (Phi) is 7.01. The van der Waals surface area contributed by atoms with Crippen LogP contribution in [0.3, 0.4) is 0 Å². The van der Waals surface area contributed by atoms with E-state index in [1.807, 2.05) is 0 Å². The Morgan fingerprint density at radius 2 is 1.95 bits per heavy atom. The van der Waals surface area contributed by atoms with Crippen LogP contribution in [0.15, 0.2) is 34.7 Å². The Morgan fingerprint density at radius 1 is 1.21 bits per heavy atom. The Hall–Kier alpha value is -3.29. The van der Waals surface area contributed by atoms with Crippen molar-refractivity contribution in [3.05, 3.63) is 40.9 Å². The summed E-state index contributed by atoms with van der Waals surface area (Å²) < 4.78 is 62.7. The standard InChI is InChI=1S/C25H25F2N3O6S2/c1-12-21(23(32)28-13-3-6-15(31)7-4-13)29-24(37-12)16-8-10-19(36-25(26)27)22-20(16)17-11-14(30-38(2,33)34)5-9-18(17)35-22/h5,8-11,13,15,25,30-31H,3-4,6-7H2,1-2H3,(H,28,32). The van der Waals surface area contributed by atoms with Gasteiger partial charge in [0.05, 0.1) is 12.4 Å². The fourth-order valence-corrected chi connectivity index (χ4v) is 6.19. The highest BCUT2D eigenvalue weighted by Gasteiger charge is 2.26. The second-order valence-electron chi connectivity index (χ2n) is 9.28. The first kappa shape index (κ1) is 26.3. The fraction of sp³-hybridized carbons (Fsp3) is 0.360. The minimum absolute atomic E-state index is 0.0495. The normalized spacial score (nSPS) is 18.3. The number of carbonyl (C=O) groups is 1. The summed E-state index contributed by atoms with van der Waals surface area (Å²) >= 11 is 1.26. The van der Waals surface area contributed by atoms with Crippen LogP contribution in [0.4, 0.5) is 14.5 Å². The molecule has 1 saturated carbocycles. The molecule has 0 bridgehead atoms. The molecule has 0 aliphatic heterocycles. The summed E-state index contributed by atoms with van der Waals surface area (Å²) in [7, 11) is -3.57. The lowest BCUT2D eigenvalue weighted by Crippen LogP contribution is -2.38. The Bertz CT molecular complexity index is 1630. The number of anilines is 1. The van der Waals surface area contributed by atoms with Crippen molar-refractivity contribution in [3.8, 4) is 16.3 Å². The molecular weight excluding hydrogens is 540 g/mol. The lowest BCUT2D eigenvalue weighted by molar-refractivity contribution is -0.0493. The molecular formula is C25H25F2N3O6S2. The second-order valence-corrected chi connectivity index (χ2v) is 12.2. The van der Waals surface area contributed by atoms with E-state index < -0.39 is 16.6 Å². The molecule has 1 amide bonds. The molecule has 38 heavy (non-hydrogen) atoms. The molecule has 1 aliphatic rings. The van der Waals surface area contributed by atoms with Crippen molar-refractivity contribution in [2.75, 3.05) is 11.0 Å². The molecule has 3 N–H and O–H groups in total. The SMILES string of the molecule is Cc1sc(-c2ccc(OC(F)F)c3oc4ccc(NS(C)(=O)=O)cc4c23)nc1C(=O)NC1CCC(O)CC1. The largest absolute Gasteiger partial charge is 0.452 e. The predicted molar refractivity (Wildman–Crippen MR) is 140 cm³/mol. The highest BCUT2D eigenvalue weighted by atomic mass is 32.2. The Balaban J connectivity index is 1.59. The molecule has 13 heteroatoms. The monoisotopic (exact) mass is 565 g/mol. The summed E-state index contributed by atoms with van der Waals surface area (Å²) in [6.45, 7) is -1.31. The fourth-order valence-electron chi connectivity index (χ4n) is 4.70. The number of carbonyl (C=O) groups excluding carboxylic acids is 1. The molecule has 2 aromatic heterocycles. The third-order valence-electron chi connectivity index (χ3n) is 6.38. The van der Waals surface area contributed by atoms with Crippen molar-refractivity contribution in [2.45, 2.75) is 51.4 Å². The topological polar surface area (TPSA) is 131 Å². The molecule has 5 rings (SSSR count). The molecule has 4 aromatic rings. The van der Waals surface area contributed by atoms with E-state index in [2.05, 4.69) is 19.8 Å². The molecule has 0 spiro atoms. The second kappa shape index (κ2) is 10.1. The van der Waals surface area contributed by atoms with E-state index in [0.29, 0.717) is 57.5 Å². The first-order chi connectivity index (χ1) is 18.0. The number of aliphatic hydroxyl groups excluding tert-OH is 1. The number of rotatable bonds is 7. The first-order valence-electron chi connectivity index (χ1n) is 11.9. The number of halogens is 2. The molecule has 0 unspecified atom stereocenters. The van der Waals surface area contributed by atoms with E-state index in [4.69, 9.17) is 4.42 Å². The van der Waals surface area contributed by atoms with Gasteiger partial charge in [-0.15, -0.1) is 11.3 Å². The van der Waals surface area contributed by atoms with Crippen LogP contribution in [0.5, 0.6) is 5.75 Å². The average Bonchev–Trinajstić information content (AvgIpc) is 3.40. The van der Waals surface area contributed by atoms with E-state index >= 15 is 0 Å². The van der Waals surface area contributed by atoms with Crippen LogP contribution in [0.25, 0.3) is 32.5 Å². The van der Waals surface area contributed by atoms with Crippen LogP contribution in [0.1, 0.15) is 41.0 Å². The van der Waals surface area contributed by atoms with E-state index in [0.717, 1.165) is 6.26 Å². The van der Waals surface area contributed by atoms with Gasteiger partial charge in [0.25, 0.3) is 5.91 Å². The van der Waals surface area contributed by atoms with Crippen molar-refractivity contribution in [2.24, 2.45) is 0 Å². The minimum Gasteiger partial charge on any atom is -0.452 e. The first-order valence-corrected chi connectivity index (χ1v) is 14.6. The van der Waals surface area contributed by atoms with Gasteiger partial charge in [0.1, 0.15) is 16.3 Å². The number of hydrogen-bond acceptors (Lipinski definition) is 8. The number of furan rings is 1. The van der Waals surface area contributed by atoms with Gasteiger partial charge in [0, 0.05) is 32.9 Å². The molecule has 9 nitrogen and oxygen atoms in total. The quantitative estimate of drug-likeness (QED) is 0.287. The number of sulfonamides is 1. The van der Waals surface area contributed by atoms with E-state index in [1.165, 1.54) is 29.5 Å². The van der Waals surface area contributed by atoms with Crippen LogP contribution in [0.2, 0.25) is 0 Å². The molecule has 0 radical (unpaired) electrons. The Morgan fingerprint density at radius 3 is 2.63 bits per heavy atom. The number of alkyl halides is 2. The number of nitrogens with one attached hydrogen (secondary N) is 2. The molecule has 202 valence electrons. The van der Waals surface area contributed by atoms with E-state index in [1.54, 1.807) is 19.1 Å². The zero-order valence-corrected chi connectivity index (χ0v) is 22.1. The molecule has 0 saturated heterocycles.